The largest absolute Gasteiger partial charge is 0.487 e. The van der Waals surface area contributed by atoms with Crippen molar-refractivity contribution in [3.63, 3.8) is 0 Å². The molecule has 4 rings (SSSR count). The van der Waals surface area contributed by atoms with Crippen LogP contribution in [0, 0.1) is 12.8 Å². The molecule has 33 heavy (non-hydrogen) atoms. The van der Waals surface area contributed by atoms with Crippen molar-refractivity contribution < 1.29 is 17.9 Å². The van der Waals surface area contributed by atoms with Gasteiger partial charge in [-0.15, -0.1) is 0 Å². The molecule has 1 saturated heterocycles. The van der Waals surface area contributed by atoms with E-state index in [1.807, 2.05) is 31.2 Å². The number of piperidine rings is 1. The second kappa shape index (κ2) is 9.47. The number of aryl methyl sites for hydroxylation is 1. The molecule has 0 radical (unpaired) electrons. The highest BCUT2D eigenvalue weighted by atomic mass is 32.2. The van der Waals surface area contributed by atoms with Crippen molar-refractivity contribution in [2.45, 2.75) is 69.4 Å². The summed E-state index contributed by atoms with van der Waals surface area (Å²) in [6.07, 6.45) is 3.78. The molecule has 2 aromatic carbocycles. The van der Waals surface area contributed by atoms with Gasteiger partial charge in [-0.3, -0.25) is 4.79 Å². The summed E-state index contributed by atoms with van der Waals surface area (Å²) < 4.78 is 34.1. The number of benzene rings is 2. The number of fused-ring (bicyclic) bond motifs is 1. The molecule has 7 heteroatoms. The number of amides is 1. The normalized spacial score (nSPS) is 22.8. The van der Waals surface area contributed by atoms with Gasteiger partial charge in [-0.05, 0) is 50.8 Å². The number of sulfonamides is 1. The Labute approximate surface area is 197 Å². The van der Waals surface area contributed by atoms with Gasteiger partial charge in [-0.2, -0.15) is 4.31 Å². The predicted molar refractivity (Wildman–Crippen MR) is 129 cm³/mol. The van der Waals surface area contributed by atoms with Crippen molar-refractivity contribution in [2.75, 3.05) is 13.1 Å². The van der Waals surface area contributed by atoms with E-state index in [0.717, 1.165) is 29.7 Å². The third-order valence-corrected chi connectivity index (χ3v) is 9.10. The maximum atomic E-state index is 13.3. The lowest BCUT2D eigenvalue weighted by Crippen LogP contribution is -2.49. The van der Waals surface area contributed by atoms with Crippen LogP contribution in [0.25, 0.3) is 0 Å². The Kier molecular flexibility index (Phi) is 6.82. The van der Waals surface area contributed by atoms with E-state index in [4.69, 9.17) is 4.74 Å². The highest BCUT2D eigenvalue weighted by Crippen LogP contribution is 2.42. The maximum absolute atomic E-state index is 13.3. The Morgan fingerprint density at radius 2 is 1.82 bits per heavy atom. The van der Waals surface area contributed by atoms with Gasteiger partial charge in [-0.25, -0.2) is 8.42 Å². The summed E-state index contributed by atoms with van der Waals surface area (Å²) in [6, 6.07) is 14.6. The summed E-state index contributed by atoms with van der Waals surface area (Å²) in [6.45, 7) is 6.81. The molecule has 6 nitrogen and oxygen atoms in total. The van der Waals surface area contributed by atoms with Gasteiger partial charge >= 0.3 is 0 Å². The molecule has 2 atom stereocenters. The van der Waals surface area contributed by atoms with Crippen LogP contribution in [0.4, 0.5) is 0 Å². The van der Waals surface area contributed by atoms with Gasteiger partial charge in [0.1, 0.15) is 11.4 Å². The zero-order valence-electron chi connectivity index (χ0n) is 19.7. The summed E-state index contributed by atoms with van der Waals surface area (Å²) in [5, 5.41) is 3.25. The second-order valence-corrected chi connectivity index (χ2v) is 11.2. The van der Waals surface area contributed by atoms with Crippen LogP contribution in [-0.2, 0) is 14.8 Å². The van der Waals surface area contributed by atoms with E-state index < -0.39 is 10.0 Å². The summed E-state index contributed by atoms with van der Waals surface area (Å²) in [7, 11) is -3.62. The topological polar surface area (TPSA) is 75.7 Å². The van der Waals surface area contributed by atoms with Crippen LogP contribution >= 0.6 is 0 Å². The average molecular weight is 471 g/mol. The molecule has 1 amide bonds. The fourth-order valence-corrected chi connectivity index (χ4v) is 6.48. The SMILES string of the molecule is CCC1(CC)C[C@@H](NC(=O)[C@H]2CCCN(S(=O)(=O)c3ccc(C)cc3)C2)c2ccccc2O1. The number of hydrogen-bond acceptors (Lipinski definition) is 4. The quantitative estimate of drug-likeness (QED) is 0.670. The zero-order chi connectivity index (χ0) is 23.6. The Morgan fingerprint density at radius 3 is 2.52 bits per heavy atom. The number of nitrogens with one attached hydrogen (secondary N) is 1. The Balaban J connectivity index is 1.51. The van der Waals surface area contributed by atoms with Crippen molar-refractivity contribution in [1.29, 1.82) is 0 Å². The van der Waals surface area contributed by atoms with Gasteiger partial charge in [0.05, 0.1) is 16.9 Å². The standard InChI is InChI=1S/C26H34N2O4S/c1-4-26(5-2)17-23(22-10-6-7-11-24(22)32-26)27-25(29)20-9-8-16-28(18-20)33(30,31)21-14-12-19(3)13-15-21/h6-7,10-15,20,23H,4-5,8-9,16-18H2,1-3H3,(H,27,29)/t20-,23+/m0/s1. The number of hydrogen-bond donors (Lipinski definition) is 1. The molecule has 2 aromatic rings. The first-order chi connectivity index (χ1) is 15.8. The minimum absolute atomic E-state index is 0.0818. The van der Waals surface area contributed by atoms with Crippen LogP contribution in [0.15, 0.2) is 53.4 Å². The Bertz CT molecular complexity index is 1090. The van der Waals surface area contributed by atoms with Gasteiger partial charge in [0.15, 0.2) is 0 Å². The van der Waals surface area contributed by atoms with Crippen molar-refractivity contribution >= 4 is 15.9 Å². The highest BCUT2D eigenvalue weighted by molar-refractivity contribution is 7.89. The van der Waals surface area contributed by atoms with Gasteiger partial charge in [0, 0.05) is 25.1 Å². The molecule has 2 aliphatic rings. The van der Waals surface area contributed by atoms with E-state index in [9.17, 15) is 13.2 Å². The summed E-state index contributed by atoms with van der Waals surface area (Å²) in [5.74, 6) is 0.373. The molecule has 0 unspecified atom stereocenters. The molecule has 0 spiro atoms. The third-order valence-electron chi connectivity index (χ3n) is 7.22. The molecule has 178 valence electrons. The van der Waals surface area contributed by atoms with Gasteiger partial charge in [0.25, 0.3) is 0 Å². The van der Waals surface area contributed by atoms with E-state index in [1.165, 1.54) is 4.31 Å². The fourth-order valence-electron chi connectivity index (χ4n) is 4.95. The summed E-state index contributed by atoms with van der Waals surface area (Å²) in [4.78, 5) is 13.6. The molecular weight excluding hydrogens is 436 g/mol. The molecule has 0 saturated carbocycles. The number of para-hydroxylation sites is 1. The van der Waals surface area contributed by atoms with Gasteiger partial charge in [-0.1, -0.05) is 49.7 Å². The number of carbonyl (C=O) groups is 1. The summed E-state index contributed by atoms with van der Waals surface area (Å²) in [5.41, 5.74) is 1.69. The highest BCUT2D eigenvalue weighted by Gasteiger charge is 2.40. The first kappa shape index (κ1) is 23.8. The van der Waals surface area contributed by atoms with E-state index in [0.29, 0.717) is 25.8 Å². The average Bonchev–Trinajstić information content (AvgIpc) is 2.84. The maximum Gasteiger partial charge on any atom is 0.243 e. The number of carbonyl (C=O) groups excluding carboxylic acids is 1. The Hall–Kier alpha value is -2.38. The van der Waals surface area contributed by atoms with E-state index in [1.54, 1.807) is 24.3 Å². The van der Waals surface area contributed by atoms with Gasteiger partial charge < -0.3 is 10.1 Å². The molecule has 0 aromatic heterocycles. The van der Waals surface area contributed by atoms with E-state index in [-0.39, 0.29) is 34.9 Å². The lowest BCUT2D eigenvalue weighted by molar-refractivity contribution is -0.127. The molecule has 2 aliphatic heterocycles. The lowest BCUT2D eigenvalue weighted by atomic mass is 9.83. The molecule has 1 fully saturated rings. The van der Waals surface area contributed by atoms with Crippen LogP contribution in [0.5, 0.6) is 5.75 Å². The van der Waals surface area contributed by atoms with Crippen molar-refractivity contribution in [3.8, 4) is 5.75 Å². The number of rotatable bonds is 6. The number of nitrogens with zero attached hydrogens (tertiary/aromatic N) is 1. The van der Waals surface area contributed by atoms with Crippen LogP contribution in [0.3, 0.4) is 0 Å². The van der Waals surface area contributed by atoms with Crippen LogP contribution in [-0.4, -0.2) is 37.3 Å². The predicted octanol–water partition coefficient (Wildman–Crippen LogP) is 4.59. The molecular formula is C26H34N2O4S. The first-order valence-corrected chi connectivity index (χ1v) is 13.4. The zero-order valence-corrected chi connectivity index (χ0v) is 20.5. The monoisotopic (exact) mass is 470 g/mol. The van der Waals surface area contributed by atoms with Crippen molar-refractivity contribution in [2.24, 2.45) is 5.92 Å². The molecule has 0 aliphatic carbocycles. The minimum Gasteiger partial charge on any atom is -0.487 e. The molecule has 1 N–H and O–H groups in total. The molecule has 2 heterocycles. The lowest BCUT2D eigenvalue weighted by Gasteiger charge is -2.42. The van der Waals surface area contributed by atoms with Crippen molar-refractivity contribution in [3.05, 3.63) is 59.7 Å². The smallest absolute Gasteiger partial charge is 0.243 e. The van der Waals surface area contributed by atoms with Crippen LogP contribution < -0.4 is 10.1 Å². The van der Waals surface area contributed by atoms with E-state index in [2.05, 4.69) is 19.2 Å². The minimum atomic E-state index is -3.62. The molecule has 0 bridgehead atoms. The third kappa shape index (κ3) is 4.80. The number of ether oxygens (including phenoxy) is 1. The van der Waals surface area contributed by atoms with Gasteiger partial charge in [0.2, 0.25) is 15.9 Å². The first-order valence-electron chi connectivity index (χ1n) is 11.9. The Morgan fingerprint density at radius 1 is 1.12 bits per heavy atom. The fraction of sp³-hybridized carbons (Fsp3) is 0.500. The van der Waals surface area contributed by atoms with E-state index >= 15 is 0 Å². The van der Waals surface area contributed by atoms with Crippen molar-refractivity contribution in [1.82, 2.24) is 9.62 Å². The van der Waals surface area contributed by atoms with Crippen LogP contribution in [0.2, 0.25) is 0 Å². The van der Waals surface area contributed by atoms with Crippen LogP contribution in [0.1, 0.15) is 63.1 Å². The second-order valence-electron chi connectivity index (χ2n) is 9.31. The summed E-state index contributed by atoms with van der Waals surface area (Å²) >= 11 is 0.